The van der Waals surface area contributed by atoms with E-state index in [2.05, 4.69) is 151 Å². The van der Waals surface area contributed by atoms with E-state index >= 15 is 0 Å². The van der Waals surface area contributed by atoms with Crippen LogP contribution in [0.4, 0.5) is 4.39 Å². The van der Waals surface area contributed by atoms with Crippen molar-refractivity contribution in [3.05, 3.63) is 148 Å². The smallest absolute Gasteiger partial charge is 0.120 e. The topological polar surface area (TPSA) is 56.7 Å². The van der Waals surface area contributed by atoms with Gasteiger partial charge in [0, 0.05) is 64.5 Å². The summed E-state index contributed by atoms with van der Waals surface area (Å²) >= 11 is 1.77. The molecule has 0 saturated carbocycles. The van der Waals surface area contributed by atoms with Crippen molar-refractivity contribution < 1.29 is 28.9 Å². The van der Waals surface area contributed by atoms with Gasteiger partial charge in [-0.15, -0.1) is 59.4 Å². The van der Waals surface area contributed by atoms with Crippen molar-refractivity contribution in [2.45, 2.75) is 97.7 Å². The van der Waals surface area contributed by atoms with Gasteiger partial charge < -0.3 is 14.0 Å². The summed E-state index contributed by atoms with van der Waals surface area (Å²) in [7, 11) is -1.30. The van der Waals surface area contributed by atoms with Crippen LogP contribution < -0.4 is 5.19 Å². The Morgan fingerprint density at radius 1 is 0.778 bits per heavy atom. The van der Waals surface area contributed by atoms with Gasteiger partial charge in [-0.25, -0.2) is 4.98 Å². The van der Waals surface area contributed by atoms with E-state index in [1.165, 1.54) is 50.1 Å². The van der Waals surface area contributed by atoms with E-state index in [1.807, 2.05) is 36.0 Å². The maximum Gasteiger partial charge on any atom is 0.120 e. The molecule has 4 aromatic heterocycles. The first-order chi connectivity index (χ1) is 29.5. The molecule has 9 heteroatoms. The van der Waals surface area contributed by atoms with E-state index < -0.39 is 8.07 Å². The number of benzene rings is 5. The molecule has 9 aromatic rings. The molecule has 0 amide bonds. The van der Waals surface area contributed by atoms with Gasteiger partial charge in [-0.2, -0.15) is 0 Å². The minimum absolute atomic E-state index is 0. The molecule has 1 radical (unpaired) electrons. The first-order valence-electron chi connectivity index (χ1n) is 21.6. The summed E-state index contributed by atoms with van der Waals surface area (Å²) in [6, 6.07) is 38.7. The second-order valence-corrected chi connectivity index (χ2v) is 25.2. The molecule has 0 unspecified atom stereocenters. The predicted octanol–water partition coefficient (Wildman–Crippen LogP) is 14.6. The van der Waals surface area contributed by atoms with Crippen molar-refractivity contribution in [1.29, 1.82) is 0 Å². The number of rotatable bonds is 6. The van der Waals surface area contributed by atoms with Crippen molar-refractivity contribution in [3.8, 4) is 39.6 Å². The molecule has 0 bridgehead atoms. The molecule has 5 nitrogen and oxygen atoms in total. The van der Waals surface area contributed by atoms with Gasteiger partial charge in [0.25, 0.3) is 0 Å². The molecule has 323 valence electrons. The fraction of sp³-hybridized carbons (Fsp3) is 0.278. The minimum Gasteiger partial charge on any atom is -0.501 e. The van der Waals surface area contributed by atoms with Crippen LogP contribution in [0.5, 0.6) is 0 Å². The second kappa shape index (κ2) is 16.5. The van der Waals surface area contributed by atoms with Gasteiger partial charge in [-0.05, 0) is 51.5 Å². The third kappa shape index (κ3) is 7.45. The maximum absolute atomic E-state index is 12.8. The number of imidazole rings is 1. The Labute approximate surface area is 389 Å². The summed E-state index contributed by atoms with van der Waals surface area (Å²) in [6.45, 7) is 25.5. The summed E-state index contributed by atoms with van der Waals surface area (Å²) in [5.74, 6) is 1.18. The normalized spacial score (nSPS) is 14.1. The van der Waals surface area contributed by atoms with Crippen LogP contribution in [0.1, 0.15) is 88.8 Å². The average molecular weight is 1050 g/mol. The zero-order valence-electron chi connectivity index (χ0n) is 37.9. The minimum atomic E-state index is -1.30. The summed E-state index contributed by atoms with van der Waals surface area (Å²) in [4.78, 5) is 16.3. The molecule has 0 aliphatic heterocycles. The summed E-state index contributed by atoms with van der Waals surface area (Å²) in [5, 5.41) is 3.50. The molecule has 0 fully saturated rings. The zero-order valence-corrected chi connectivity index (χ0v) is 42.1. The Balaban J connectivity index is 0.000000255. The van der Waals surface area contributed by atoms with Crippen LogP contribution in [0, 0.1) is 17.9 Å². The average Bonchev–Trinajstić information content (AvgIpc) is 3.99. The molecule has 4 heterocycles. The monoisotopic (exact) mass is 1050 g/mol. The third-order valence-electron chi connectivity index (χ3n) is 13.2. The number of thiazole rings is 1. The molecule has 0 saturated heterocycles. The standard InChI is InChI=1S/C40H38N3OS.C14H15FNSi.Ir/c1-22(2)24-14-11-15-25(23(3)4)34(24)43-35-30(20-19-29-32(35)33-37(45-21-41-33)40(7,8)39(29,5)6)42-38(43)28-17-12-16-27-26-13-9-10-18-31(26)44-36(27)28;1-17(2,3)13-8-9-14(16-10-13)11-4-6-12(15)7-5-11;/h9-16,18-23H,1-8H3;4,6-10H,1-3H3;/q2*-1;. The second-order valence-electron chi connectivity index (χ2n) is 19.3. The van der Waals surface area contributed by atoms with Crippen molar-refractivity contribution >= 4 is 57.6 Å². The molecule has 0 N–H and O–H groups in total. The number of nitrogens with zero attached hydrogens (tertiary/aromatic N) is 4. The molecule has 0 spiro atoms. The Morgan fingerprint density at radius 3 is 2.16 bits per heavy atom. The van der Waals surface area contributed by atoms with Crippen molar-refractivity contribution in [1.82, 2.24) is 19.5 Å². The van der Waals surface area contributed by atoms with E-state index in [0.29, 0.717) is 11.8 Å². The molecule has 5 aromatic carbocycles. The zero-order chi connectivity index (χ0) is 43.9. The van der Waals surface area contributed by atoms with E-state index in [1.54, 1.807) is 17.4 Å². The van der Waals surface area contributed by atoms with Crippen LogP contribution in [0.15, 0.2) is 113 Å². The van der Waals surface area contributed by atoms with Crippen LogP contribution in [0.3, 0.4) is 0 Å². The van der Waals surface area contributed by atoms with Crippen LogP contribution >= 0.6 is 11.3 Å². The number of fused-ring (bicyclic) bond motifs is 8. The summed E-state index contributed by atoms with van der Waals surface area (Å²) < 4.78 is 21.8. The van der Waals surface area contributed by atoms with Gasteiger partial charge in [0.1, 0.15) is 5.58 Å². The quantitative estimate of drug-likeness (QED) is 0.123. The number of furan rings is 1. The number of aromatic nitrogens is 4. The van der Waals surface area contributed by atoms with Crippen LogP contribution in [0.25, 0.3) is 72.6 Å². The molecule has 10 rings (SSSR count). The van der Waals surface area contributed by atoms with Gasteiger partial charge in [0.15, 0.2) is 0 Å². The number of halogens is 1. The van der Waals surface area contributed by atoms with E-state index in [4.69, 9.17) is 14.4 Å². The van der Waals surface area contributed by atoms with Crippen molar-refractivity contribution in [2.75, 3.05) is 0 Å². The van der Waals surface area contributed by atoms with Gasteiger partial charge in [0.05, 0.1) is 41.7 Å². The van der Waals surface area contributed by atoms with E-state index in [-0.39, 0.29) is 36.8 Å². The molecular weight excluding hydrogens is 992 g/mol. The third-order valence-corrected chi connectivity index (χ3v) is 16.4. The number of pyridine rings is 1. The fourth-order valence-electron chi connectivity index (χ4n) is 8.99. The van der Waals surface area contributed by atoms with Crippen LogP contribution in [0.2, 0.25) is 19.6 Å². The van der Waals surface area contributed by atoms with Crippen molar-refractivity contribution in [3.63, 3.8) is 0 Å². The molecule has 1 aliphatic carbocycles. The Hall–Kier alpha value is -5.05. The van der Waals surface area contributed by atoms with E-state index in [0.717, 1.165) is 61.3 Å². The fourth-order valence-corrected chi connectivity index (χ4v) is 11.1. The Bertz CT molecular complexity index is 3110. The van der Waals surface area contributed by atoms with Gasteiger partial charge in [-0.1, -0.05) is 141 Å². The van der Waals surface area contributed by atoms with E-state index in [9.17, 15) is 4.39 Å². The van der Waals surface area contributed by atoms with Crippen molar-refractivity contribution in [2.24, 2.45) is 0 Å². The first-order valence-corrected chi connectivity index (χ1v) is 26.0. The van der Waals surface area contributed by atoms with Gasteiger partial charge in [-0.3, -0.25) is 9.37 Å². The van der Waals surface area contributed by atoms with Crippen LogP contribution in [-0.4, -0.2) is 27.6 Å². The molecule has 1 aliphatic rings. The molecule has 0 atom stereocenters. The number of para-hydroxylation sites is 2. The summed E-state index contributed by atoms with van der Waals surface area (Å²) in [5.41, 5.74) is 15.5. The molecular formula is C54H53FIrN4OSSi-2. The Morgan fingerprint density at radius 2 is 1.51 bits per heavy atom. The van der Waals surface area contributed by atoms with Crippen LogP contribution in [-0.2, 0) is 30.9 Å². The first kappa shape index (κ1) is 44.5. The Kier molecular flexibility index (Phi) is 11.7. The molecule has 63 heavy (non-hydrogen) atoms. The van der Waals surface area contributed by atoms with Gasteiger partial charge in [0.2, 0.25) is 0 Å². The maximum atomic E-state index is 12.8. The summed E-state index contributed by atoms with van der Waals surface area (Å²) in [6.07, 6.45) is 1.93. The SMILES string of the molecule is CC(C)c1cccc(C(C)C)c1-n1c(-c2[c-]ccc3c2oc2ccccc23)nc2ccc3c(c21)-c1ncsc1C(C)(C)C3(C)C.C[Si](C)(C)c1ccc(-c2[c-]cc(F)cc2)nc1.[Ir]. The largest absolute Gasteiger partial charge is 0.501 e. The van der Waals surface area contributed by atoms with Gasteiger partial charge >= 0.3 is 0 Å². The predicted molar refractivity (Wildman–Crippen MR) is 259 cm³/mol. The number of hydrogen-bond acceptors (Lipinski definition) is 5. The number of hydrogen-bond donors (Lipinski definition) is 0.